The first kappa shape index (κ1) is 24.8. The highest BCUT2D eigenvalue weighted by Crippen LogP contribution is 2.08. The number of nitrogens with one attached hydrogen (secondary N) is 3. The molecule has 13 nitrogen and oxygen atoms in total. The normalized spacial score (nSPS) is 14.6. The Labute approximate surface area is 172 Å². The second kappa shape index (κ2) is 12.4. The molecule has 1 rings (SSSR count). The predicted molar refractivity (Wildman–Crippen MR) is 101 cm³/mol. The van der Waals surface area contributed by atoms with Crippen molar-refractivity contribution in [2.24, 2.45) is 0 Å². The lowest BCUT2D eigenvalue weighted by atomic mass is 10.1. The van der Waals surface area contributed by atoms with Gasteiger partial charge < -0.3 is 36.0 Å². The van der Waals surface area contributed by atoms with E-state index >= 15 is 0 Å². The van der Waals surface area contributed by atoms with Crippen LogP contribution in [0.3, 0.4) is 0 Å². The molecule has 0 aliphatic carbocycles. The first-order chi connectivity index (χ1) is 14.2. The Hall–Kier alpha value is -3.22. The van der Waals surface area contributed by atoms with Crippen LogP contribution in [0.1, 0.15) is 19.3 Å². The molecular weight excluding hydrogens is 402 g/mol. The fourth-order valence-corrected chi connectivity index (χ4v) is 2.88. The van der Waals surface area contributed by atoms with E-state index < -0.39 is 42.2 Å². The average Bonchev–Trinajstić information content (AvgIpc) is 2.73. The van der Waals surface area contributed by atoms with Gasteiger partial charge in [-0.15, -0.1) is 0 Å². The van der Waals surface area contributed by atoms with Gasteiger partial charge in [-0.2, -0.15) is 0 Å². The number of aliphatic carboxylic acids is 2. The van der Waals surface area contributed by atoms with Gasteiger partial charge in [-0.1, -0.05) is 0 Å². The predicted octanol–water partition coefficient (Wildman–Crippen LogP) is -3.18. The van der Waals surface area contributed by atoms with Crippen LogP contribution in [0.25, 0.3) is 0 Å². The van der Waals surface area contributed by atoms with Gasteiger partial charge in [-0.05, 0) is 26.3 Å². The lowest BCUT2D eigenvalue weighted by Gasteiger charge is -2.36. The SMILES string of the molecule is CNC(CCCCNC(=O)C(=O)O)C(=O)N1CCN(C(=O)CNC(=O)C(=O)O)CC1. The third kappa shape index (κ3) is 8.03. The summed E-state index contributed by atoms with van der Waals surface area (Å²) in [5, 5.41) is 24.2. The van der Waals surface area contributed by atoms with Crippen LogP contribution < -0.4 is 16.0 Å². The zero-order valence-electron chi connectivity index (χ0n) is 16.7. The van der Waals surface area contributed by atoms with Gasteiger partial charge in [0.25, 0.3) is 0 Å². The number of carbonyl (C=O) groups excluding carboxylic acids is 4. The molecule has 1 saturated heterocycles. The Morgan fingerprint density at radius 3 is 1.90 bits per heavy atom. The molecule has 30 heavy (non-hydrogen) atoms. The summed E-state index contributed by atoms with van der Waals surface area (Å²) < 4.78 is 0. The Balaban J connectivity index is 2.35. The topological polar surface area (TPSA) is 185 Å². The number of carboxylic acids is 2. The van der Waals surface area contributed by atoms with Crippen LogP contribution in [0.15, 0.2) is 0 Å². The quantitative estimate of drug-likeness (QED) is 0.186. The van der Waals surface area contributed by atoms with Crippen molar-refractivity contribution in [1.29, 1.82) is 0 Å². The van der Waals surface area contributed by atoms with Gasteiger partial charge in [0, 0.05) is 32.7 Å². The van der Waals surface area contributed by atoms with E-state index in [0.717, 1.165) is 0 Å². The van der Waals surface area contributed by atoms with E-state index in [1.165, 1.54) is 4.90 Å². The maximum Gasteiger partial charge on any atom is 0.394 e. The smallest absolute Gasteiger partial charge is 0.394 e. The Morgan fingerprint density at radius 2 is 1.37 bits per heavy atom. The van der Waals surface area contributed by atoms with E-state index in [4.69, 9.17) is 10.2 Å². The fourth-order valence-electron chi connectivity index (χ4n) is 2.88. The summed E-state index contributed by atoms with van der Waals surface area (Å²) in [6.45, 7) is 0.941. The molecule has 168 valence electrons. The zero-order chi connectivity index (χ0) is 22.7. The number of piperazine rings is 1. The van der Waals surface area contributed by atoms with Crippen molar-refractivity contribution in [3.63, 3.8) is 0 Å². The molecule has 0 radical (unpaired) electrons. The van der Waals surface area contributed by atoms with E-state index in [-0.39, 0.29) is 25.5 Å². The Kier molecular flexibility index (Phi) is 10.2. The molecule has 4 amide bonds. The van der Waals surface area contributed by atoms with E-state index in [2.05, 4.69) is 10.6 Å². The Bertz CT molecular complexity index is 675. The standard InChI is InChI=1S/C17H27N5O8/c1-18-11(4-2-3-5-19-13(24)16(27)28)15(26)22-8-6-21(7-9-22)12(23)10-20-14(25)17(29)30/h11,18H,2-10H2,1H3,(H,19,24)(H,20,25)(H,27,28)(H,29,30). The van der Waals surface area contributed by atoms with E-state index in [0.29, 0.717) is 32.4 Å². The molecule has 1 aliphatic rings. The molecule has 1 atom stereocenters. The van der Waals surface area contributed by atoms with Crippen LogP contribution >= 0.6 is 0 Å². The van der Waals surface area contributed by atoms with Gasteiger partial charge in [-0.25, -0.2) is 9.59 Å². The van der Waals surface area contributed by atoms with Gasteiger partial charge in [-0.3, -0.25) is 19.2 Å². The highest BCUT2D eigenvalue weighted by molar-refractivity contribution is 6.32. The third-order valence-corrected chi connectivity index (χ3v) is 4.58. The Morgan fingerprint density at radius 1 is 0.833 bits per heavy atom. The summed E-state index contributed by atoms with van der Waals surface area (Å²) in [5.41, 5.74) is 0. The maximum atomic E-state index is 12.6. The molecular formula is C17H27N5O8. The van der Waals surface area contributed by atoms with E-state index in [1.807, 2.05) is 5.32 Å². The van der Waals surface area contributed by atoms with Crippen LogP contribution in [0.2, 0.25) is 0 Å². The molecule has 0 saturated carbocycles. The van der Waals surface area contributed by atoms with Gasteiger partial charge in [0.1, 0.15) is 0 Å². The summed E-state index contributed by atoms with van der Waals surface area (Å²) in [6, 6.07) is -0.447. The number of hydrogen-bond donors (Lipinski definition) is 5. The minimum absolute atomic E-state index is 0.127. The summed E-state index contributed by atoms with van der Waals surface area (Å²) in [6.07, 6.45) is 1.62. The van der Waals surface area contributed by atoms with Crippen LogP contribution in [-0.4, -0.2) is 108 Å². The van der Waals surface area contributed by atoms with Crippen molar-refractivity contribution in [3.8, 4) is 0 Å². The van der Waals surface area contributed by atoms with E-state index in [9.17, 15) is 28.8 Å². The van der Waals surface area contributed by atoms with Crippen LogP contribution in [-0.2, 0) is 28.8 Å². The zero-order valence-corrected chi connectivity index (χ0v) is 16.7. The number of nitrogens with zero attached hydrogens (tertiary/aromatic N) is 2. The van der Waals surface area contributed by atoms with Crippen LogP contribution in [0.5, 0.6) is 0 Å². The molecule has 1 heterocycles. The molecule has 0 aromatic heterocycles. The van der Waals surface area contributed by atoms with Gasteiger partial charge in [0.15, 0.2) is 0 Å². The number of amides is 4. The highest BCUT2D eigenvalue weighted by Gasteiger charge is 2.28. The van der Waals surface area contributed by atoms with Crippen LogP contribution in [0, 0.1) is 0 Å². The number of unbranched alkanes of at least 4 members (excludes halogenated alkanes) is 1. The van der Waals surface area contributed by atoms with Gasteiger partial charge in [0.2, 0.25) is 11.8 Å². The molecule has 0 bridgehead atoms. The molecule has 1 unspecified atom stereocenters. The average molecular weight is 429 g/mol. The lowest BCUT2D eigenvalue weighted by Crippen LogP contribution is -2.56. The minimum atomic E-state index is -1.67. The number of carbonyl (C=O) groups is 6. The molecule has 1 aliphatic heterocycles. The molecule has 13 heteroatoms. The number of hydrogen-bond acceptors (Lipinski definition) is 7. The van der Waals surface area contributed by atoms with Crippen LogP contribution in [0.4, 0.5) is 0 Å². The van der Waals surface area contributed by atoms with Crippen molar-refractivity contribution < 1.29 is 39.0 Å². The highest BCUT2D eigenvalue weighted by atomic mass is 16.4. The molecule has 0 spiro atoms. The second-order valence-electron chi connectivity index (χ2n) is 6.59. The van der Waals surface area contributed by atoms with Crippen molar-refractivity contribution in [1.82, 2.24) is 25.8 Å². The van der Waals surface area contributed by atoms with E-state index in [1.54, 1.807) is 11.9 Å². The summed E-state index contributed by atoms with van der Waals surface area (Å²) in [4.78, 5) is 70.5. The summed E-state index contributed by atoms with van der Waals surface area (Å²) in [5.74, 6) is -6.08. The second-order valence-corrected chi connectivity index (χ2v) is 6.59. The third-order valence-electron chi connectivity index (χ3n) is 4.58. The molecule has 5 N–H and O–H groups in total. The first-order valence-electron chi connectivity index (χ1n) is 9.43. The number of rotatable bonds is 9. The van der Waals surface area contributed by atoms with Gasteiger partial charge in [0.05, 0.1) is 12.6 Å². The van der Waals surface area contributed by atoms with Crippen molar-refractivity contribution >= 4 is 35.6 Å². The number of carboxylic acid groups (broad SMARTS) is 2. The first-order valence-corrected chi connectivity index (χ1v) is 9.43. The van der Waals surface area contributed by atoms with Gasteiger partial charge >= 0.3 is 23.8 Å². The lowest BCUT2D eigenvalue weighted by molar-refractivity contribution is -0.150. The molecule has 0 aromatic carbocycles. The number of likely N-dealkylation sites (N-methyl/N-ethyl adjacent to an activating group) is 1. The van der Waals surface area contributed by atoms with Crippen molar-refractivity contribution in [2.75, 3.05) is 46.3 Å². The summed E-state index contributed by atoms with van der Waals surface area (Å²) in [7, 11) is 1.65. The molecule has 1 fully saturated rings. The summed E-state index contributed by atoms with van der Waals surface area (Å²) >= 11 is 0. The molecule has 0 aromatic rings. The van der Waals surface area contributed by atoms with Crippen molar-refractivity contribution in [2.45, 2.75) is 25.3 Å². The maximum absolute atomic E-state index is 12.6. The largest absolute Gasteiger partial charge is 0.474 e. The monoisotopic (exact) mass is 429 g/mol. The fraction of sp³-hybridized carbons (Fsp3) is 0.647. The van der Waals surface area contributed by atoms with Crippen molar-refractivity contribution in [3.05, 3.63) is 0 Å². The minimum Gasteiger partial charge on any atom is -0.474 e.